The molecule has 1 aromatic heterocycles. The fourth-order valence-electron chi connectivity index (χ4n) is 2.15. The van der Waals surface area contributed by atoms with E-state index in [1.54, 1.807) is 19.9 Å². The number of para-hydroxylation sites is 1. The Morgan fingerprint density at radius 2 is 2.14 bits per heavy atom. The van der Waals surface area contributed by atoms with Crippen LogP contribution in [0.25, 0.3) is 0 Å². The first kappa shape index (κ1) is 14.2. The third-order valence-electron chi connectivity index (χ3n) is 3.21. The van der Waals surface area contributed by atoms with Crippen molar-refractivity contribution in [1.29, 1.82) is 0 Å². The van der Waals surface area contributed by atoms with Gasteiger partial charge in [-0.25, -0.2) is 0 Å². The van der Waals surface area contributed by atoms with E-state index in [2.05, 4.69) is 15.8 Å². The summed E-state index contributed by atoms with van der Waals surface area (Å²) in [6.45, 7) is 4.53. The van der Waals surface area contributed by atoms with Gasteiger partial charge in [0.15, 0.2) is 17.3 Å². The number of hydrogen-bond donors (Lipinski definition) is 2. The van der Waals surface area contributed by atoms with E-state index in [0.29, 0.717) is 36.3 Å². The fourth-order valence-corrected chi connectivity index (χ4v) is 2.15. The zero-order valence-corrected chi connectivity index (χ0v) is 12.4. The van der Waals surface area contributed by atoms with Crippen LogP contribution in [0.2, 0.25) is 0 Å². The Labute approximate surface area is 127 Å². The standard InChI is InChI=1S/C15H17N3O4/c1-9-8-13(18-22-9)17-15(19)10(2)16-11-4-3-5-12-14(11)21-7-6-20-12/h3-5,8,10,16H,6-7H2,1-2H3,(H,17,18,19)/t10-/m0/s1. The molecule has 0 aliphatic carbocycles. The summed E-state index contributed by atoms with van der Waals surface area (Å²) in [5.41, 5.74) is 0.719. The van der Waals surface area contributed by atoms with Crippen molar-refractivity contribution in [3.05, 3.63) is 30.0 Å². The fraction of sp³-hybridized carbons (Fsp3) is 0.333. The van der Waals surface area contributed by atoms with Crippen molar-refractivity contribution in [3.8, 4) is 11.5 Å². The molecule has 1 aromatic carbocycles. The molecule has 22 heavy (non-hydrogen) atoms. The minimum atomic E-state index is -0.478. The van der Waals surface area contributed by atoms with Gasteiger partial charge in [0.25, 0.3) is 0 Å². The average Bonchev–Trinajstić information content (AvgIpc) is 2.92. The molecule has 0 saturated carbocycles. The van der Waals surface area contributed by atoms with Gasteiger partial charge in [0.2, 0.25) is 5.91 Å². The van der Waals surface area contributed by atoms with Crippen LogP contribution in [0.15, 0.2) is 28.8 Å². The van der Waals surface area contributed by atoms with E-state index in [-0.39, 0.29) is 5.91 Å². The van der Waals surface area contributed by atoms with Crippen molar-refractivity contribution >= 4 is 17.4 Å². The van der Waals surface area contributed by atoms with Crippen molar-refractivity contribution in [2.75, 3.05) is 23.8 Å². The van der Waals surface area contributed by atoms with Gasteiger partial charge in [0, 0.05) is 6.07 Å². The maximum absolute atomic E-state index is 12.2. The number of fused-ring (bicyclic) bond motifs is 1. The van der Waals surface area contributed by atoms with Gasteiger partial charge < -0.3 is 24.6 Å². The average molecular weight is 303 g/mol. The first-order valence-corrected chi connectivity index (χ1v) is 7.03. The van der Waals surface area contributed by atoms with Gasteiger partial charge in [-0.15, -0.1) is 0 Å². The van der Waals surface area contributed by atoms with Crippen molar-refractivity contribution in [2.24, 2.45) is 0 Å². The summed E-state index contributed by atoms with van der Waals surface area (Å²) in [6.07, 6.45) is 0. The lowest BCUT2D eigenvalue weighted by Crippen LogP contribution is -2.32. The van der Waals surface area contributed by atoms with Crippen molar-refractivity contribution < 1.29 is 18.8 Å². The number of amides is 1. The Hall–Kier alpha value is -2.70. The molecule has 2 N–H and O–H groups in total. The van der Waals surface area contributed by atoms with Crippen LogP contribution in [0.4, 0.5) is 11.5 Å². The Morgan fingerprint density at radius 3 is 2.91 bits per heavy atom. The van der Waals surface area contributed by atoms with Crippen LogP contribution in [0.1, 0.15) is 12.7 Å². The molecule has 0 radical (unpaired) electrons. The lowest BCUT2D eigenvalue weighted by molar-refractivity contribution is -0.116. The number of carbonyl (C=O) groups excluding carboxylic acids is 1. The van der Waals surface area contributed by atoms with Gasteiger partial charge in [-0.1, -0.05) is 11.2 Å². The van der Waals surface area contributed by atoms with Gasteiger partial charge in [-0.3, -0.25) is 4.79 Å². The quantitative estimate of drug-likeness (QED) is 0.900. The number of aromatic nitrogens is 1. The summed E-state index contributed by atoms with van der Waals surface area (Å²) in [5, 5.41) is 9.54. The molecule has 0 fully saturated rings. The molecular weight excluding hydrogens is 286 g/mol. The highest BCUT2D eigenvalue weighted by atomic mass is 16.6. The molecule has 2 aromatic rings. The smallest absolute Gasteiger partial charge is 0.247 e. The Kier molecular flexibility index (Phi) is 3.86. The number of hydrogen-bond acceptors (Lipinski definition) is 6. The maximum Gasteiger partial charge on any atom is 0.247 e. The number of ether oxygens (including phenoxy) is 2. The predicted molar refractivity (Wildman–Crippen MR) is 80.4 cm³/mol. The summed E-state index contributed by atoms with van der Waals surface area (Å²) in [6, 6.07) is 6.71. The first-order chi connectivity index (χ1) is 10.6. The van der Waals surface area contributed by atoms with Crippen molar-refractivity contribution in [3.63, 3.8) is 0 Å². The van der Waals surface area contributed by atoms with E-state index in [9.17, 15) is 4.79 Å². The number of nitrogens with one attached hydrogen (secondary N) is 2. The molecule has 0 saturated heterocycles. The van der Waals surface area contributed by atoms with Gasteiger partial charge in [-0.05, 0) is 26.0 Å². The summed E-state index contributed by atoms with van der Waals surface area (Å²) in [7, 11) is 0. The summed E-state index contributed by atoms with van der Waals surface area (Å²) in [4.78, 5) is 12.2. The zero-order chi connectivity index (χ0) is 15.5. The second-order valence-electron chi connectivity index (χ2n) is 5.01. The highest BCUT2D eigenvalue weighted by molar-refractivity contribution is 5.95. The topological polar surface area (TPSA) is 85.6 Å². The van der Waals surface area contributed by atoms with E-state index in [1.165, 1.54) is 0 Å². The lowest BCUT2D eigenvalue weighted by Gasteiger charge is -2.23. The molecule has 7 nitrogen and oxygen atoms in total. The van der Waals surface area contributed by atoms with Crippen LogP contribution in [-0.4, -0.2) is 30.3 Å². The molecule has 1 amide bonds. The number of benzene rings is 1. The number of aryl methyl sites for hydroxylation is 1. The molecule has 3 rings (SSSR count). The summed E-state index contributed by atoms with van der Waals surface area (Å²) in [5.74, 6) is 2.12. The highest BCUT2D eigenvalue weighted by Crippen LogP contribution is 2.37. The van der Waals surface area contributed by atoms with E-state index in [1.807, 2.05) is 18.2 Å². The minimum absolute atomic E-state index is 0.220. The van der Waals surface area contributed by atoms with Gasteiger partial charge >= 0.3 is 0 Å². The van der Waals surface area contributed by atoms with Crippen LogP contribution in [0.3, 0.4) is 0 Å². The Morgan fingerprint density at radius 1 is 1.32 bits per heavy atom. The summed E-state index contributed by atoms with van der Waals surface area (Å²) < 4.78 is 16.0. The number of carbonyl (C=O) groups is 1. The minimum Gasteiger partial charge on any atom is -0.486 e. The van der Waals surface area contributed by atoms with E-state index < -0.39 is 6.04 Å². The lowest BCUT2D eigenvalue weighted by atomic mass is 10.2. The summed E-state index contributed by atoms with van der Waals surface area (Å²) >= 11 is 0. The molecule has 7 heteroatoms. The van der Waals surface area contributed by atoms with Crippen LogP contribution in [0.5, 0.6) is 11.5 Å². The SMILES string of the molecule is Cc1cc(NC(=O)[C@H](C)Nc2cccc3c2OCCO3)no1. The number of nitrogens with zero attached hydrogens (tertiary/aromatic N) is 1. The van der Waals surface area contributed by atoms with Crippen LogP contribution >= 0.6 is 0 Å². The second kappa shape index (κ2) is 5.97. The third-order valence-corrected chi connectivity index (χ3v) is 3.21. The molecule has 0 bridgehead atoms. The van der Waals surface area contributed by atoms with Crippen LogP contribution in [0, 0.1) is 6.92 Å². The first-order valence-electron chi connectivity index (χ1n) is 7.03. The van der Waals surface area contributed by atoms with Crippen molar-refractivity contribution in [2.45, 2.75) is 19.9 Å². The van der Waals surface area contributed by atoms with E-state index in [0.717, 1.165) is 5.69 Å². The van der Waals surface area contributed by atoms with Crippen LogP contribution < -0.4 is 20.1 Å². The Bertz CT molecular complexity index is 683. The molecule has 0 unspecified atom stereocenters. The maximum atomic E-state index is 12.2. The molecule has 2 heterocycles. The second-order valence-corrected chi connectivity index (χ2v) is 5.01. The molecule has 1 aliphatic heterocycles. The van der Waals surface area contributed by atoms with E-state index in [4.69, 9.17) is 14.0 Å². The number of rotatable bonds is 4. The number of anilines is 2. The van der Waals surface area contributed by atoms with Gasteiger partial charge in [0.1, 0.15) is 25.0 Å². The molecule has 1 aliphatic rings. The monoisotopic (exact) mass is 303 g/mol. The molecule has 0 spiro atoms. The van der Waals surface area contributed by atoms with Crippen LogP contribution in [-0.2, 0) is 4.79 Å². The largest absolute Gasteiger partial charge is 0.486 e. The molecular formula is C15H17N3O4. The predicted octanol–water partition coefficient (Wildman–Crippen LogP) is 2.19. The third kappa shape index (κ3) is 2.98. The Balaban J connectivity index is 1.68. The zero-order valence-electron chi connectivity index (χ0n) is 12.4. The molecule has 116 valence electrons. The van der Waals surface area contributed by atoms with Gasteiger partial charge in [-0.2, -0.15) is 0 Å². The molecule has 1 atom stereocenters. The van der Waals surface area contributed by atoms with Gasteiger partial charge in [0.05, 0.1) is 5.69 Å². The normalized spacial score (nSPS) is 14.3. The highest BCUT2D eigenvalue weighted by Gasteiger charge is 2.20. The van der Waals surface area contributed by atoms with E-state index >= 15 is 0 Å². The van der Waals surface area contributed by atoms with Crippen molar-refractivity contribution in [1.82, 2.24) is 5.16 Å².